The second-order valence-electron chi connectivity index (χ2n) is 5.42. The largest absolute Gasteiger partial charge is 0.369 e. The Morgan fingerprint density at radius 3 is 2.60 bits per heavy atom. The predicted octanol–water partition coefficient (Wildman–Crippen LogP) is 3.04. The highest BCUT2D eigenvalue weighted by Gasteiger charge is 2.23. The van der Waals surface area contributed by atoms with E-state index in [-0.39, 0.29) is 12.0 Å². The Morgan fingerprint density at radius 2 is 2.10 bits per heavy atom. The van der Waals surface area contributed by atoms with Crippen molar-refractivity contribution in [1.29, 1.82) is 0 Å². The van der Waals surface area contributed by atoms with Gasteiger partial charge in [0, 0.05) is 30.6 Å². The molecule has 1 saturated heterocycles. The van der Waals surface area contributed by atoms with E-state index in [4.69, 9.17) is 4.74 Å². The summed E-state index contributed by atoms with van der Waals surface area (Å²) in [5, 5.41) is 2.91. The fourth-order valence-corrected chi connectivity index (χ4v) is 2.59. The SMILES string of the molecule is CCN(c1ccc(NC(=O)[C@H]2CCCO2)cc1)C(C)C. The Bertz CT molecular complexity index is 436. The minimum Gasteiger partial charge on any atom is -0.369 e. The van der Waals surface area contributed by atoms with Gasteiger partial charge < -0.3 is 15.0 Å². The molecular formula is C16H24N2O2. The van der Waals surface area contributed by atoms with E-state index in [1.54, 1.807) is 0 Å². The maximum Gasteiger partial charge on any atom is 0.253 e. The molecule has 1 aliphatic rings. The number of amides is 1. The summed E-state index contributed by atoms with van der Waals surface area (Å²) in [6.07, 6.45) is 1.51. The molecule has 0 aliphatic carbocycles. The number of anilines is 2. The zero-order chi connectivity index (χ0) is 14.5. The third kappa shape index (κ3) is 3.51. The molecule has 1 N–H and O–H groups in total. The zero-order valence-corrected chi connectivity index (χ0v) is 12.6. The van der Waals surface area contributed by atoms with Gasteiger partial charge in [-0.15, -0.1) is 0 Å². The van der Waals surface area contributed by atoms with Crippen molar-refractivity contribution < 1.29 is 9.53 Å². The summed E-state index contributed by atoms with van der Waals surface area (Å²) in [5.74, 6) is -0.0357. The van der Waals surface area contributed by atoms with Crippen LogP contribution in [0.2, 0.25) is 0 Å². The molecule has 0 aromatic heterocycles. The van der Waals surface area contributed by atoms with Gasteiger partial charge in [-0.1, -0.05) is 0 Å². The molecule has 1 atom stereocenters. The summed E-state index contributed by atoms with van der Waals surface area (Å²) < 4.78 is 5.38. The minimum atomic E-state index is -0.280. The van der Waals surface area contributed by atoms with Crippen LogP contribution in [0.3, 0.4) is 0 Å². The molecule has 4 heteroatoms. The zero-order valence-electron chi connectivity index (χ0n) is 12.6. The van der Waals surface area contributed by atoms with E-state index < -0.39 is 0 Å². The summed E-state index contributed by atoms with van der Waals surface area (Å²) in [6, 6.07) is 8.47. The highest BCUT2D eigenvalue weighted by atomic mass is 16.5. The summed E-state index contributed by atoms with van der Waals surface area (Å²) in [7, 11) is 0. The lowest BCUT2D eigenvalue weighted by atomic mass is 10.2. The molecule has 1 fully saturated rings. The average Bonchev–Trinajstić information content (AvgIpc) is 2.95. The Morgan fingerprint density at radius 1 is 1.40 bits per heavy atom. The van der Waals surface area contributed by atoms with Gasteiger partial charge in [-0.05, 0) is 57.9 Å². The van der Waals surface area contributed by atoms with Crippen molar-refractivity contribution in [2.45, 2.75) is 45.8 Å². The number of benzene rings is 1. The van der Waals surface area contributed by atoms with Crippen molar-refractivity contribution in [2.24, 2.45) is 0 Å². The number of carbonyl (C=O) groups is 1. The summed E-state index contributed by atoms with van der Waals surface area (Å²) in [5.41, 5.74) is 2.01. The maximum atomic E-state index is 12.0. The molecule has 1 amide bonds. The first-order valence-electron chi connectivity index (χ1n) is 7.41. The highest BCUT2D eigenvalue weighted by Crippen LogP contribution is 2.21. The van der Waals surface area contributed by atoms with Crippen LogP contribution in [0.5, 0.6) is 0 Å². The smallest absolute Gasteiger partial charge is 0.253 e. The maximum absolute atomic E-state index is 12.0. The first-order valence-corrected chi connectivity index (χ1v) is 7.41. The first-order chi connectivity index (χ1) is 9.61. The van der Waals surface area contributed by atoms with Crippen LogP contribution in [-0.4, -0.2) is 31.2 Å². The lowest BCUT2D eigenvalue weighted by molar-refractivity contribution is -0.124. The van der Waals surface area contributed by atoms with Crippen molar-refractivity contribution in [3.8, 4) is 0 Å². The number of nitrogens with one attached hydrogen (secondary N) is 1. The molecule has 2 rings (SSSR count). The van der Waals surface area contributed by atoms with Gasteiger partial charge in [-0.3, -0.25) is 4.79 Å². The molecule has 20 heavy (non-hydrogen) atoms. The molecule has 0 saturated carbocycles. The molecular weight excluding hydrogens is 252 g/mol. The van der Waals surface area contributed by atoms with Gasteiger partial charge >= 0.3 is 0 Å². The van der Waals surface area contributed by atoms with Crippen LogP contribution in [-0.2, 0) is 9.53 Å². The molecule has 1 aliphatic heterocycles. The lowest BCUT2D eigenvalue weighted by Gasteiger charge is -2.27. The van der Waals surface area contributed by atoms with Crippen molar-refractivity contribution in [2.75, 3.05) is 23.4 Å². The number of rotatable bonds is 5. The van der Waals surface area contributed by atoms with Crippen molar-refractivity contribution in [3.05, 3.63) is 24.3 Å². The molecule has 0 radical (unpaired) electrons. The van der Waals surface area contributed by atoms with Gasteiger partial charge in [0.15, 0.2) is 0 Å². The third-order valence-corrected chi connectivity index (χ3v) is 3.65. The number of hydrogen-bond donors (Lipinski definition) is 1. The van der Waals surface area contributed by atoms with Crippen LogP contribution in [0, 0.1) is 0 Å². The molecule has 1 heterocycles. The normalized spacial score (nSPS) is 18.3. The van der Waals surface area contributed by atoms with Gasteiger partial charge in [-0.2, -0.15) is 0 Å². The van der Waals surface area contributed by atoms with Crippen LogP contribution < -0.4 is 10.2 Å². The number of ether oxygens (including phenoxy) is 1. The van der Waals surface area contributed by atoms with Gasteiger partial charge in [0.1, 0.15) is 6.10 Å². The fourth-order valence-electron chi connectivity index (χ4n) is 2.59. The molecule has 110 valence electrons. The van der Waals surface area contributed by atoms with Gasteiger partial charge in [0.05, 0.1) is 0 Å². The van der Waals surface area contributed by atoms with Crippen LogP contribution in [0.25, 0.3) is 0 Å². The Hall–Kier alpha value is -1.55. The van der Waals surface area contributed by atoms with Gasteiger partial charge in [0.25, 0.3) is 5.91 Å². The highest BCUT2D eigenvalue weighted by molar-refractivity contribution is 5.94. The van der Waals surface area contributed by atoms with Crippen LogP contribution in [0.15, 0.2) is 24.3 Å². The van der Waals surface area contributed by atoms with Gasteiger partial charge in [-0.25, -0.2) is 0 Å². The predicted molar refractivity (Wildman–Crippen MR) is 82.2 cm³/mol. The monoisotopic (exact) mass is 276 g/mol. The second kappa shape index (κ2) is 6.75. The first kappa shape index (κ1) is 14.9. The molecule has 0 unspecified atom stereocenters. The van der Waals surface area contributed by atoms with Crippen LogP contribution in [0.1, 0.15) is 33.6 Å². The van der Waals surface area contributed by atoms with E-state index in [2.05, 4.69) is 43.1 Å². The van der Waals surface area contributed by atoms with Crippen molar-refractivity contribution in [3.63, 3.8) is 0 Å². The Balaban J connectivity index is 1.99. The van der Waals surface area contributed by atoms with E-state index in [0.717, 1.165) is 25.1 Å². The van der Waals surface area contributed by atoms with Gasteiger partial charge in [0.2, 0.25) is 0 Å². The second-order valence-corrected chi connectivity index (χ2v) is 5.42. The molecule has 0 bridgehead atoms. The standard InChI is InChI=1S/C16H24N2O2/c1-4-18(12(2)3)14-9-7-13(8-10-14)17-16(19)15-6-5-11-20-15/h7-10,12,15H,4-6,11H2,1-3H3,(H,17,19)/t15-/m1/s1. The number of carbonyl (C=O) groups excluding carboxylic acids is 1. The third-order valence-electron chi connectivity index (χ3n) is 3.65. The van der Waals surface area contributed by atoms with E-state index >= 15 is 0 Å². The topological polar surface area (TPSA) is 41.6 Å². The van der Waals surface area contributed by atoms with Crippen LogP contribution in [0.4, 0.5) is 11.4 Å². The Labute approximate surface area is 121 Å². The molecule has 0 spiro atoms. The minimum absolute atomic E-state index is 0.0357. The van der Waals surface area contributed by atoms with E-state index in [1.165, 1.54) is 5.69 Å². The van der Waals surface area contributed by atoms with E-state index in [1.807, 2.05) is 12.1 Å². The number of nitrogens with zero attached hydrogens (tertiary/aromatic N) is 1. The quantitative estimate of drug-likeness (QED) is 0.898. The van der Waals surface area contributed by atoms with E-state index in [9.17, 15) is 4.79 Å². The molecule has 1 aromatic rings. The van der Waals surface area contributed by atoms with E-state index in [0.29, 0.717) is 12.6 Å². The molecule has 4 nitrogen and oxygen atoms in total. The summed E-state index contributed by atoms with van der Waals surface area (Å²) >= 11 is 0. The van der Waals surface area contributed by atoms with Crippen LogP contribution >= 0.6 is 0 Å². The van der Waals surface area contributed by atoms with Crippen molar-refractivity contribution >= 4 is 17.3 Å². The van der Waals surface area contributed by atoms with Crippen molar-refractivity contribution in [1.82, 2.24) is 0 Å². The average molecular weight is 276 g/mol. The Kier molecular flexibility index (Phi) is 5.01. The lowest BCUT2D eigenvalue weighted by Crippen LogP contribution is -2.30. The summed E-state index contributed by atoms with van der Waals surface area (Å²) in [6.45, 7) is 8.16. The summed E-state index contributed by atoms with van der Waals surface area (Å²) in [4.78, 5) is 14.3. The molecule has 1 aromatic carbocycles. The number of hydrogen-bond acceptors (Lipinski definition) is 3. The fraction of sp³-hybridized carbons (Fsp3) is 0.562.